The van der Waals surface area contributed by atoms with Gasteiger partial charge in [0.25, 0.3) is 5.91 Å². The standard InChI is InChI=1S/C16H18ClN3O2/c17-12-8-15(19-9-12)16(22)20-14(11-6-13(21)7-11)5-10-1-3-18-4-2-10/h1-4,8-9,11,13-14,19,21H,5-7H2,(H,20,22)/t11?,13?,14-/m1/s1. The van der Waals surface area contributed by atoms with Gasteiger partial charge in [0, 0.05) is 24.6 Å². The molecular formula is C16H18ClN3O2. The van der Waals surface area contributed by atoms with Gasteiger partial charge in [0.05, 0.1) is 11.1 Å². The smallest absolute Gasteiger partial charge is 0.267 e. The number of nitrogens with one attached hydrogen (secondary N) is 2. The second-order valence-corrected chi connectivity index (χ2v) is 6.19. The number of H-pyrrole nitrogens is 1. The number of carbonyl (C=O) groups is 1. The van der Waals surface area contributed by atoms with E-state index in [0.717, 1.165) is 24.8 Å². The molecule has 0 spiro atoms. The van der Waals surface area contributed by atoms with Crippen molar-refractivity contribution < 1.29 is 9.90 Å². The second kappa shape index (κ2) is 6.50. The lowest BCUT2D eigenvalue weighted by Gasteiger charge is -2.38. The molecule has 3 rings (SSSR count). The molecule has 1 atom stereocenters. The Bertz CT molecular complexity index is 638. The second-order valence-electron chi connectivity index (χ2n) is 5.76. The molecule has 1 aliphatic carbocycles. The molecule has 1 amide bonds. The molecule has 0 saturated heterocycles. The molecule has 1 aliphatic rings. The van der Waals surface area contributed by atoms with Gasteiger partial charge < -0.3 is 15.4 Å². The number of pyridine rings is 1. The lowest BCUT2D eigenvalue weighted by Crippen LogP contribution is -2.48. The van der Waals surface area contributed by atoms with E-state index in [9.17, 15) is 9.90 Å². The van der Waals surface area contributed by atoms with Crippen LogP contribution < -0.4 is 5.32 Å². The van der Waals surface area contributed by atoms with E-state index in [2.05, 4.69) is 15.3 Å². The first-order valence-electron chi connectivity index (χ1n) is 7.33. The highest BCUT2D eigenvalue weighted by molar-refractivity contribution is 6.30. The number of rotatable bonds is 5. The predicted molar refractivity (Wildman–Crippen MR) is 83.7 cm³/mol. The van der Waals surface area contributed by atoms with Crippen molar-refractivity contribution in [2.24, 2.45) is 5.92 Å². The number of aromatic nitrogens is 2. The summed E-state index contributed by atoms with van der Waals surface area (Å²) < 4.78 is 0. The molecule has 0 unspecified atom stereocenters. The van der Waals surface area contributed by atoms with Gasteiger partial charge in [-0.05, 0) is 48.9 Å². The van der Waals surface area contributed by atoms with Gasteiger partial charge in [-0.25, -0.2) is 0 Å². The summed E-state index contributed by atoms with van der Waals surface area (Å²) in [5, 5.41) is 13.1. The fourth-order valence-electron chi connectivity index (χ4n) is 2.81. The van der Waals surface area contributed by atoms with Crippen molar-refractivity contribution in [3.05, 3.63) is 53.1 Å². The molecule has 0 radical (unpaired) electrons. The maximum atomic E-state index is 12.3. The Hall–Kier alpha value is -1.85. The number of hydrogen-bond donors (Lipinski definition) is 3. The SMILES string of the molecule is O=C(N[C@H](Cc1ccncc1)C1CC(O)C1)c1cc(Cl)c[nH]1. The number of aliphatic hydroxyl groups excluding tert-OH is 1. The van der Waals surface area contributed by atoms with E-state index < -0.39 is 0 Å². The van der Waals surface area contributed by atoms with E-state index in [1.807, 2.05) is 12.1 Å². The van der Waals surface area contributed by atoms with Crippen LogP contribution in [0.1, 0.15) is 28.9 Å². The van der Waals surface area contributed by atoms with Crippen LogP contribution >= 0.6 is 11.6 Å². The van der Waals surface area contributed by atoms with E-state index in [-0.39, 0.29) is 24.0 Å². The first kappa shape index (κ1) is 15.1. The summed E-state index contributed by atoms with van der Waals surface area (Å²) in [6, 6.07) is 5.48. The van der Waals surface area contributed by atoms with E-state index >= 15 is 0 Å². The monoisotopic (exact) mass is 319 g/mol. The van der Waals surface area contributed by atoms with Crippen molar-refractivity contribution in [3.63, 3.8) is 0 Å². The maximum Gasteiger partial charge on any atom is 0.267 e. The molecule has 2 heterocycles. The van der Waals surface area contributed by atoms with Gasteiger partial charge in [0.1, 0.15) is 5.69 Å². The van der Waals surface area contributed by atoms with E-state index in [1.54, 1.807) is 24.7 Å². The number of hydrogen-bond acceptors (Lipinski definition) is 3. The quantitative estimate of drug-likeness (QED) is 0.790. The van der Waals surface area contributed by atoms with Crippen LogP contribution in [-0.4, -0.2) is 33.1 Å². The third-order valence-electron chi connectivity index (χ3n) is 4.13. The summed E-state index contributed by atoms with van der Waals surface area (Å²) >= 11 is 5.84. The zero-order valence-corrected chi connectivity index (χ0v) is 12.8. The topological polar surface area (TPSA) is 78.0 Å². The number of nitrogens with zero attached hydrogens (tertiary/aromatic N) is 1. The van der Waals surface area contributed by atoms with Gasteiger partial charge in [-0.2, -0.15) is 0 Å². The van der Waals surface area contributed by atoms with Crippen LogP contribution in [0.4, 0.5) is 0 Å². The van der Waals surface area contributed by atoms with Gasteiger partial charge in [0.15, 0.2) is 0 Å². The molecule has 2 aromatic heterocycles. The Morgan fingerprint density at radius 2 is 2.18 bits per heavy atom. The molecule has 1 fully saturated rings. The van der Waals surface area contributed by atoms with Crippen LogP contribution in [-0.2, 0) is 6.42 Å². The largest absolute Gasteiger partial charge is 0.393 e. The molecule has 0 bridgehead atoms. The average Bonchev–Trinajstić information content (AvgIpc) is 2.91. The molecule has 116 valence electrons. The highest BCUT2D eigenvalue weighted by Crippen LogP contribution is 2.31. The fourth-order valence-corrected chi connectivity index (χ4v) is 2.98. The minimum atomic E-state index is -0.248. The summed E-state index contributed by atoms with van der Waals surface area (Å²) in [6.07, 6.45) is 7.00. The maximum absolute atomic E-state index is 12.3. The number of aliphatic hydroxyl groups is 1. The average molecular weight is 320 g/mol. The van der Waals surface area contributed by atoms with Crippen LogP contribution in [0.3, 0.4) is 0 Å². The summed E-state index contributed by atoms with van der Waals surface area (Å²) in [4.78, 5) is 19.2. The molecule has 0 aromatic carbocycles. The van der Waals surface area contributed by atoms with Crippen molar-refractivity contribution >= 4 is 17.5 Å². The Kier molecular flexibility index (Phi) is 4.45. The van der Waals surface area contributed by atoms with Gasteiger partial charge in [-0.15, -0.1) is 0 Å². The Morgan fingerprint density at radius 1 is 1.45 bits per heavy atom. The lowest BCUT2D eigenvalue weighted by atomic mass is 9.75. The predicted octanol–water partition coefficient (Wildman–Crippen LogP) is 2.18. The van der Waals surface area contributed by atoms with Crippen LogP contribution in [0.15, 0.2) is 36.8 Å². The molecule has 5 nitrogen and oxygen atoms in total. The van der Waals surface area contributed by atoms with E-state index in [1.165, 1.54) is 0 Å². The summed E-state index contributed by atoms with van der Waals surface area (Å²) in [5.74, 6) is 0.116. The highest BCUT2D eigenvalue weighted by atomic mass is 35.5. The Labute approximate surface area is 133 Å². The van der Waals surface area contributed by atoms with Crippen molar-refractivity contribution in [2.75, 3.05) is 0 Å². The van der Waals surface area contributed by atoms with E-state index in [0.29, 0.717) is 10.7 Å². The Morgan fingerprint density at radius 3 is 2.77 bits per heavy atom. The van der Waals surface area contributed by atoms with Crippen LogP contribution in [0.25, 0.3) is 0 Å². The molecule has 6 heteroatoms. The molecule has 3 N–H and O–H groups in total. The minimum absolute atomic E-state index is 0.0135. The summed E-state index contributed by atoms with van der Waals surface area (Å²) in [6.45, 7) is 0. The zero-order valence-electron chi connectivity index (χ0n) is 12.0. The van der Waals surface area contributed by atoms with Crippen LogP contribution in [0.2, 0.25) is 5.02 Å². The molecule has 1 saturated carbocycles. The molecule has 0 aliphatic heterocycles. The van der Waals surface area contributed by atoms with Gasteiger partial charge in [-0.1, -0.05) is 11.6 Å². The first-order chi connectivity index (χ1) is 10.6. The lowest BCUT2D eigenvalue weighted by molar-refractivity contribution is 0.0239. The minimum Gasteiger partial charge on any atom is -0.393 e. The van der Waals surface area contributed by atoms with Crippen molar-refractivity contribution in [1.29, 1.82) is 0 Å². The highest BCUT2D eigenvalue weighted by Gasteiger charge is 2.35. The van der Waals surface area contributed by atoms with Crippen molar-refractivity contribution in [1.82, 2.24) is 15.3 Å². The first-order valence-corrected chi connectivity index (χ1v) is 7.71. The normalized spacial score (nSPS) is 21.9. The van der Waals surface area contributed by atoms with Crippen molar-refractivity contribution in [2.45, 2.75) is 31.4 Å². The van der Waals surface area contributed by atoms with Gasteiger partial charge in [-0.3, -0.25) is 9.78 Å². The molecule has 2 aromatic rings. The van der Waals surface area contributed by atoms with Crippen LogP contribution in [0, 0.1) is 5.92 Å². The number of aromatic amines is 1. The third kappa shape index (κ3) is 3.48. The summed E-state index contributed by atoms with van der Waals surface area (Å²) in [5.41, 5.74) is 1.57. The van der Waals surface area contributed by atoms with Crippen molar-refractivity contribution in [3.8, 4) is 0 Å². The molecule has 22 heavy (non-hydrogen) atoms. The molecular weight excluding hydrogens is 302 g/mol. The summed E-state index contributed by atoms with van der Waals surface area (Å²) in [7, 11) is 0. The third-order valence-corrected chi connectivity index (χ3v) is 4.35. The Balaban J connectivity index is 1.69. The van der Waals surface area contributed by atoms with Crippen LogP contribution in [0.5, 0.6) is 0 Å². The number of halogens is 1. The zero-order chi connectivity index (χ0) is 15.5. The van der Waals surface area contributed by atoms with Gasteiger partial charge >= 0.3 is 0 Å². The fraction of sp³-hybridized carbons (Fsp3) is 0.375. The number of carbonyl (C=O) groups excluding carboxylic acids is 1. The number of amides is 1. The van der Waals surface area contributed by atoms with Gasteiger partial charge in [0.2, 0.25) is 0 Å². The van der Waals surface area contributed by atoms with E-state index in [4.69, 9.17) is 11.6 Å².